The molecule has 0 atom stereocenters. The van der Waals surface area contributed by atoms with Crippen molar-refractivity contribution >= 4 is 11.6 Å². The number of carbonyl (C=O) groups is 1. The van der Waals surface area contributed by atoms with Gasteiger partial charge in [-0.25, -0.2) is 0 Å². The number of unbranched alkanes of at least 4 members (excludes halogenated alkanes) is 2. The maximum Gasteiger partial charge on any atom is 0.227 e. The summed E-state index contributed by atoms with van der Waals surface area (Å²) in [4.78, 5) is 13.3. The van der Waals surface area contributed by atoms with Crippen LogP contribution in [0.1, 0.15) is 36.8 Å². The zero-order valence-corrected chi connectivity index (χ0v) is 11.0. The average Bonchev–Trinajstić information content (AvgIpc) is 2.39. The van der Waals surface area contributed by atoms with E-state index in [4.69, 9.17) is 5.11 Å². The lowest BCUT2D eigenvalue weighted by atomic mass is 9.97. The zero-order valence-electron chi connectivity index (χ0n) is 11.0. The van der Waals surface area contributed by atoms with Crippen molar-refractivity contribution in [2.24, 2.45) is 0 Å². The van der Waals surface area contributed by atoms with Gasteiger partial charge in [-0.15, -0.1) is 0 Å². The van der Waals surface area contributed by atoms with E-state index in [0.717, 1.165) is 37.8 Å². The molecule has 0 saturated carbocycles. The number of rotatable bonds is 5. The smallest absolute Gasteiger partial charge is 0.227 e. The van der Waals surface area contributed by atoms with Crippen LogP contribution in [0.5, 0.6) is 0 Å². The second-order valence-corrected chi connectivity index (χ2v) is 4.95. The standard InChI is InChI=1S/C15H21NO2/c1-16-14-8-6-12(5-3-2-4-10-17)11-13(14)7-9-15(16)18/h6,8,11,17H,2-5,7,9-10H2,1H3. The maximum absolute atomic E-state index is 11.6. The molecule has 0 saturated heterocycles. The summed E-state index contributed by atoms with van der Waals surface area (Å²) in [7, 11) is 1.85. The molecule has 0 radical (unpaired) electrons. The highest BCUT2D eigenvalue weighted by molar-refractivity contribution is 5.95. The second-order valence-electron chi connectivity index (χ2n) is 4.95. The van der Waals surface area contributed by atoms with Gasteiger partial charge in [0.1, 0.15) is 0 Å². The van der Waals surface area contributed by atoms with Gasteiger partial charge >= 0.3 is 0 Å². The van der Waals surface area contributed by atoms with E-state index in [1.165, 1.54) is 11.1 Å². The molecule has 18 heavy (non-hydrogen) atoms. The predicted molar refractivity (Wildman–Crippen MR) is 72.8 cm³/mol. The van der Waals surface area contributed by atoms with E-state index < -0.39 is 0 Å². The summed E-state index contributed by atoms with van der Waals surface area (Å²) in [6.45, 7) is 0.289. The fourth-order valence-corrected chi connectivity index (χ4v) is 2.48. The summed E-state index contributed by atoms with van der Waals surface area (Å²) in [5.41, 5.74) is 3.69. The summed E-state index contributed by atoms with van der Waals surface area (Å²) in [5.74, 6) is 0.207. The van der Waals surface area contributed by atoms with E-state index in [2.05, 4.69) is 18.2 Å². The molecule has 1 N–H and O–H groups in total. The first-order valence-electron chi connectivity index (χ1n) is 6.71. The van der Waals surface area contributed by atoms with E-state index in [0.29, 0.717) is 6.42 Å². The number of benzene rings is 1. The number of hydrogen-bond donors (Lipinski definition) is 1. The molecule has 1 amide bonds. The van der Waals surface area contributed by atoms with Crippen LogP contribution in [0.3, 0.4) is 0 Å². The zero-order chi connectivity index (χ0) is 13.0. The van der Waals surface area contributed by atoms with Gasteiger partial charge in [0.05, 0.1) is 0 Å². The number of fused-ring (bicyclic) bond motifs is 1. The summed E-state index contributed by atoms with van der Waals surface area (Å²) < 4.78 is 0. The number of aliphatic hydroxyl groups excluding tert-OH is 1. The number of aryl methyl sites for hydroxylation is 2. The van der Waals surface area contributed by atoms with Crippen LogP contribution in [0.25, 0.3) is 0 Å². The Morgan fingerprint density at radius 2 is 2.06 bits per heavy atom. The first-order chi connectivity index (χ1) is 8.72. The molecule has 1 aliphatic rings. The van der Waals surface area contributed by atoms with Crippen molar-refractivity contribution in [1.82, 2.24) is 0 Å². The molecule has 0 spiro atoms. The van der Waals surface area contributed by atoms with Crippen molar-refractivity contribution in [3.63, 3.8) is 0 Å². The minimum Gasteiger partial charge on any atom is -0.396 e. The first-order valence-corrected chi connectivity index (χ1v) is 6.71. The van der Waals surface area contributed by atoms with Gasteiger partial charge in [0.15, 0.2) is 0 Å². The lowest BCUT2D eigenvalue weighted by molar-refractivity contribution is -0.118. The minimum atomic E-state index is 0.207. The SMILES string of the molecule is CN1C(=O)CCc2cc(CCCCCO)ccc21. The molecule has 98 valence electrons. The van der Waals surface area contributed by atoms with Gasteiger partial charge in [-0.3, -0.25) is 4.79 Å². The van der Waals surface area contributed by atoms with E-state index in [9.17, 15) is 4.79 Å². The Kier molecular flexibility index (Phi) is 4.37. The molecule has 0 aromatic heterocycles. The lowest BCUT2D eigenvalue weighted by Gasteiger charge is -2.26. The van der Waals surface area contributed by atoms with Crippen molar-refractivity contribution in [2.75, 3.05) is 18.6 Å². The van der Waals surface area contributed by atoms with Gasteiger partial charge in [0.2, 0.25) is 5.91 Å². The molecule has 1 aliphatic heterocycles. The minimum absolute atomic E-state index is 0.207. The molecule has 2 rings (SSSR count). The summed E-state index contributed by atoms with van der Waals surface area (Å²) in [5, 5.41) is 8.74. The summed E-state index contributed by atoms with van der Waals surface area (Å²) >= 11 is 0. The van der Waals surface area contributed by atoms with Crippen LogP contribution in [0.4, 0.5) is 5.69 Å². The highest BCUT2D eigenvalue weighted by atomic mass is 16.2. The van der Waals surface area contributed by atoms with Crippen LogP contribution in [0.2, 0.25) is 0 Å². The Balaban J connectivity index is 2.01. The Bertz CT molecular complexity index is 429. The lowest BCUT2D eigenvalue weighted by Crippen LogP contribution is -2.31. The monoisotopic (exact) mass is 247 g/mol. The van der Waals surface area contributed by atoms with Crippen LogP contribution in [0, 0.1) is 0 Å². The Morgan fingerprint density at radius 1 is 1.22 bits per heavy atom. The summed E-state index contributed by atoms with van der Waals surface area (Å²) in [6, 6.07) is 6.41. The van der Waals surface area contributed by atoms with Crippen LogP contribution in [0.15, 0.2) is 18.2 Å². The van der Waals surface area contributed by atoms with Gasteiger partial charge in [0.25, 0.3) is 0 Å². The van der Waals surface area contributed by atoms with E-state index >= 15 is 0 Å². The van der Waals surface area contributed by atoms with E-state index in [1.54, 1.807) is 4.90 Å². The highest BCUT2D eigenvalue weighted by Crippen LogP contribution is 2.27. The molecule has 1 aromatic rings. The molecule has 1 heterocycles. The first kappa shape index (κ1) is 13.1. The van der Waals surface area contributed by atoms with Crippen LogP contribution in [-0.4, -0.2) is 24.7 Å². The van der Waals surface area contributed by atoms with Gasteiger partial charge in [-0.2, -0.15) is 0 Å². The third kappa shape index (κ3) is 2.91. The van der Waals surface area contributed by atoms with Crippen molar-refractivity contribution in [2.45, 2.75) is 38.5 Å². The van der Waals surface area contributed by atoms with Crippen molar-refractivity contribution in [3.05, 3.63) is 29.3 Å². The van der Waals surface area contributed by atoms with Crippen molar-refractivity contribution in [3.8, 4) is 0 Å². The number of amides is 1. The van der Waals surface area contributed by atoms with Gasteiger partial charge in [-0.05, 0) is 42.9 Å². The van der Waals surface area contributed by atoms with Gasteiger partial charge in [-0.1, -0.05) is 18.6 Å². The topological polar surface area (TPSA) is 40.5 Å². The fraction of sp³-hybridized carbons (Fsp3) is 0.533. The average molecular weight is 247 g/mol. The molecule has 0 fully saturated rings. The number of anilines is 1. The molecule has 0 unspecified atom stereocenters. The van der Waals surface area contributed by atoms with Crippen molar-refractivity contribution in [1.29, 1.82) is 0 Å². The van der Waals surface area contributed by atoms with E-state index in [-0.39, 0.29) is 12.5 Å². The Hall–Kier alpha value is -1.35. The van der Waals surface area contributed by atoms with Crippen LogP contribution >= 0.6 is 0 Å². The second kappa shape index (κ2) is 6.01. The Labute approximate surface area is 108 Å². The van der Waals surface area contributed by atoms with Gasteiger partial charge < -0.3 is 10.0 Å². The quantitative estimate of drug-likeness (QED) is 0.811. The van der Waals surface area contributed by atoms with Gasteiger partial charge in [0, 0.05) is 25.8 Å². The summed E-state index contributed by atoms with van der Waals surface area (Å²) in [6.07, 6.45) is 5.63. The van der Waals surface area contributed by atoms with Crippen LogP contribution < -0.4 is 4.90 Å². The largest absolute Gasteiger partial charge is 0.396 e. The van der Waals surface area contributed by atoms with Crippen molar-refractivity contribution < 1.29 is 9.90 Å². The molecule has 3 nitrogen and oxygen atoms in total. The van der Waals surface area contributed by atoms with Crippen LogP contribution in [-0.2, 0) is 17.6 Å². The third-order valence-electron chi connectivity index (χ3n) is 3.61. The van der Waals surface area contributed by atoms with E-state index in [1.807, 2.05) is 7.05 Å². The normalized spacial score (nSPS) is 14.8. The molecular formula is C15H21NO2. The number of carbonyl (C=O) groups excluding carboxylic acids is 1. The molecule has 1 aromatic carbocycles. The molecule has 0 aliphatic carbocycles. The maximum atomic E-state index is 11.6. The molecule has 3 heteroatoms. The predicted octanol–water partition coefficient (Wildman–Crippen LogP) is 2.30. The molecule has 0 bridgehead atoms. The third-order valence-corrected chi connectivity index (χ3v) is 3.61. The number of hydrogen-bond acceptors (Lipinski definition) is 2. The Morgan fingerprint density at radius 3 is 2.83 bits per heavy atom. The number of aliphatic hydroxyl groups is 1. The number of nitrogens with zero attached hydrogens (tertiary/aromatic N) is 1. The molecular weight excluding hydrogens is 226 g/mol. The fourth-order valence-electron chi connectivity index (χ4n) is 2.48. The highest BCUT2D eigenvalue weighted by Gasteiger charge is 2.20.